The van der Waals surface area contributed by atoms with Crippen molar-refractivity contribution >= 4 is 46.5 Å². The molecule has 2 heterocycles. The third-order valence-corrected chi connectivity index (χ3v) is 5.91. The van der Waals surface area contributed by atoms with E-state index in [0.717, 1.165) is 21.7 Å². The number of rotatable bonds is 6. The van der Waals surface area contributed by atoms with E-state index in [4.69, 9.17) is 28.0 Å². The summed E-state index contributed by atoms with van der Waals surface area (Å²) in [6.45, 7) is 2.01. The van der Waals surface area contributed by atoms with Crippen molar-refractivity contribution in [2.24, 2.45) is 5.18 Å². The number of allylic oxidation sites excluding steroid dienone is 1. The van der Waals surface area contributed by atoms with E-state index in [1.54, 1.807) is 36.6 Å². The van der Waals surface area contributed by atoms with Gasteiger partial charge in [0.15, 0.2) is 11.4 Å². The molecule has 0 saturated heterocycles. The fourth-order valence-electron chi connectivity index (χ4n) is 2.94. The Labute approximate surface area is 192 Å². The number of hydrogen-bond acceptors (Lipinski definition) is 7. The van der Waals surface area contributed by atoms with Crippen LogP contribution in [0.1, 0.15) is 16.7 Å². The van der Waals surface area contributed by atoms with Gasteiger partial charge in [-0.15, -0.1) is 15.1 Å². The first-order chi connectivity index (χ1) is 15.0. The highest BCUT2D eigenvalue weighted by Gasteiger charge is 2.23. The Morgan fingerprint density at radius 3 is 2.68 bits per heavy atom. The standard InChI is InChI=1S/C21H15Cl2N5O2S/c1-12-8-14(22)3-2-13(12)9-16-11-30-28-20(24-16)18-10-19(23)25-26-21(18)31-17-6-4-15(27-29)5-7-17/h2-8,10-11H,9H2,1H3,(H,24,28)/p+1. The lowest BCUT2D eigenvalue weighted by atomic mass is 10.0. The molecule has 3 aromatic rings. The zero-order valence-electron chi connectivity index (χ0n) is 16.2. The predicted molar refractivity (Wildman–Crippen MR) is 120 cm³/mol. The van der Waals surface area contributed by atoms with E-state index in [0.29, 0.717) is 33.6 Å². The van der Waals surface area contributed by atoms with E-state index in [2.05, 4.69) is 25.8 Å². The minimum absolute atomic E-state index is 0.251. The van der Waals surface area contributed by atoms with Crippen molar-refractivity contribution in [3.63, 3.8) is 0 Å². The molecule has 0 radical (unpaired) electrons. The van der Waals surface area contributed by atoms with E-state index in [1.807, 2.05) is 25.1 Å². The highest BCUT2D eigenvalue weighted by molar-refractivity contribution is 7.99. The molecule has 0 aliphatic carbocycles. The number of nitrogens with one attached hydrogen (secondary N) is 2. The van der Waals surface area contributed by atoms with Crippen LogP contribution in [0, 0.1) is 11.8 Å². The molecule has 1 aromatic heterocycles. The molecular formula is C21H16Cl2N5O2S+. The summed E-state index contributed by atoms with van der Waals surface area (Å²) in [5.41, 5.74) is 6.98. The second kappa shape index (κ2) is 9.47. The Hall–Kier alpha value is -2.94. The van der Waals surface area contributed by atoms with Crippen molar-refractivity contribution in [1.29, 1.82) is 0 Å². The normalized spacial score (nSPS) is 13.0. The molecule has 0 unspecified atom stereocenters. The highest BCUT2D eigenvalue weighted by atomic mass is 35.5. The van der Waals surface area contributed by atoms with Crippen LogP contribution in [0.25, 0.3) is 0 Å². The van der Waals surface area contributed by atoms with Crippen molar-refractivity contribution in [2.75, 3.05) is 0 Å². The first-order valence-corrected chi connectivity index (χ1v) is 10.7. The van der Waals surface area contributed by atoms with Crippen LogP contribution >= 0.6 is 35.0 Å². The van der Waals surface area contributed by atoms with Gasteiger partial charge in [-0.05, 0) is 65.7 Å². The topological polar surface area (TPSA) is 90.4 Å². The summed E-state index contributed by atoms with van der Waals surface area (Å²) < 4.78 is 0. The molecule has 0 spiro atoms. The van der Waals surface area contributed by atoms with Crippen LogP contribution in [0.15, 0.2) is 75.6 Å². The van der Waals surface area contributed by atoms with Gasteiger partial charge in [-0.1, -0.05) is 46.5 Å². The van der Waals surface area contributed by atoms with Crippen molar-refractivity contribution in [3.8, 4) is 0 Å². The van der Waals surface area contributed by atoms with E-state index in [9.17, 15) is 4.91 Å². The van der Waals surface area contributed by atoms with Gasteiger partial charge in [0.1, 0.15) is 22.0 Å². The summed E-state index contributed by atoms with van der Waals surface area (Å²) in [7, 11) is 0. The number of halogens is 2. The van der Waals surface area contributed by atoms with Crippen LogP contribution in [0.3, 0.4) is 0 Å². The van der Waals surface area contributed by atoms with Gasteiger partial charge in [0, 0.05) is 16.3 Å². The van der Waals surface area contributed by atoms with Gasteiger partial charge in [-0.25, -0.2) is 4.99 Å². The zero-order chi connectivity index (χ0) is 21.8. The third kappa shape index (κ3) is 5.22. The lowest BCUT2D eigenvalue weighted by molar-refractivity contribution is -0.413. The zero-order valence-corrected chi connectivity index (χ0v) is 18.6. The number of hydroxylamine groups is 1. The molecule has 31 heavy (non-hydrogen) atoms. The van der Waals surface area contributed by atoms with E-state index < -0.39 is 0 Å². The Morgan fingerprint density at radius 2 is 1.94 bits per heavy atom. The van der Waals surface area contributed by atoms with Crippen molar-refractivity contribution in [3.05, 3.63) is 92.3 Å². The van der Waals surface area contributed by atoms with Gasteiger partial charge in [0.05, 0.1) is 0 Å². The third-order valence-electron chi connectivity index (χ3n) is 4.49. The monoisotopic (exact) mass is 472 g/mol. The lowest BCUT2D eigenvalue weighted by Crippen LogP contribution is -2.76. The van der Waals surface area contributed by atoms with Gasteiger partial charge >= 0.3 is 5.84 Å². The Balaban J connectivity index is 1.62. The molecule has 0 bridgehead atoms. The minimum atomic E-state index is 0.251. The first-order valence-electron chi connectivity index (χ1n) is 9.16. The summed E-state index contributed by atoms with van der Waals surface area (Å²) in [6, 6.07) is 14.3. The Morgan fingerprint density at radius 1 is 1.13 bits per heavy atom. The van der Waals surface area contributed by atoms with Crippen LogP contribution in [-0.4, -0.2) is 16.0 Å². The molecule has 156 valence electrons. The smallest absolute Gasteiger partial charge is 0.307 e. The number of nitroso groups, excluding NO2 is 1. The Bertz CT molecular complexity index is 1200. The summed E-state index contributed by atoms with van der Waals surface area (Å²) in [5.74, 6) is 0.592. The van der Waals surface area contributed by atoms with E-state index in [1.165, 1.54) is 11.8 Å². The quantitative estimate of drug-likeness (QED) is 0.525. The molecule has 2 N–H and O–H groups in total. The van der Waals surface area contributed by atoms with Crippen molar-refractivity contribution in [2.45, 2.75) is 23.3 Å². The maximum absolute atomic E-state index is 10.6. The van der Waals surface area contributed by atoms with Crippen molar-refractivity contribution in [1.82, 2.24) is 15.7 Å². The molecule has 1 aliphatic rings. The maximum atomic E-state index is 10.6. The summed E-state index contributed by atoms with van der Waals surface area (Å²) in [4.78, 5) is 20.3. The van der Waals surface area contributed by atoms with Crippen molar-refractivity contribution < 1.29 is 9.83 Å². The summed E-state index contributed by atoms with van der Waals surface area (Å²) >= 11 is 13.6. The summed E-state index contributed by atoms with van der Waals surface area (Å²) in [5, 5.41) is 12.7. The first kappa shape index (κ1) is 21.3. The van der Waals surface area contributed by atoms with Crippen LogP contribution in [0.5, 0.6) is 0 Å². The average Bonchev–Trinajstić information content (AvgIpc) is 2.78. The SMILES string of the molecule is Cc1cc(Cl)ccc1CC1=CONC(c2cc(Cl)nnc2Sc2ccc(N=O)cc2)=[NH+]1. The van der Waals surface area contributed by atoms with E-state index in [-0.39, 0.29) is 5.15 Å². The average molecular weight is 473 g/mol. The Kier molecular flexibility index (Phi) is 6.50. The molecule has 0 atom stereocenters. The fourth-order valence-corrected chi connectivity index (χ4v) is 4.17. The number of aromatic nitrogens is 2. The van der Waals surface area contributed by atoms with Crippen LogP contribution in [0.4, 0.5) is 5.69 Å². The molecule has 1 aliphatic heterocycles. The molecule has 7 nitrogen and oxygen atoms in total. The highest BCUT2D eigenvalue weighted by Crippen LogP contribution is 2.30. The van der Waals surface area contributed by atoms with Crippen LogP contribution in [0.2, 0.25) is 10.2 Å². The molecule has 0 fully saturated rings. The number of nitrogens with zero attached hydrogens (tertiary/aromatic N) is 3. The number of benzene rings is 2. The van der Waals surface area contributed by atoms with Gasteiger partial charge in [-0.3, -0.25) is 0 Å². The van der Waals surface area contributed by atoms with Gasteiger partial charge in [-0.2, -0.15) is 0 Å². The van der Waals surface area contributed by atoms with E-state index >= 15 is 0 Å². The molecular weight excluding hydrogens is 457 g/mol. The number of hydrogen-bond donors (Lipinski definition) is 2. The van der Waals surface area contributed by atoms with Crippen LogP contribution < -0.4 is 10.5 Å². The lowest BCUT2D eigenvalue weighted by Gasteiger charge is -2.12. The fraction of sp³-hybridized carbons (Fsp3) is 0.0952. The molecule has 4 rings (SSSR count). The number of aryl methyl sites for hydroxylation is 1. The minimum Gasteiger partial charge on any atom is -0.307 e. The summed E-state index contributed by atoms with van der Waals surface area (Å²) in [6.07, 6.45) is 2.24. The predicted octanol–water partition coefficient (Wildman–Crippen LogP) is 4.09. The number of amidine groups is 1. The molecule has 0 amide bonds. The molecule has 0 saturated carbocycles. The second-order valence-electron chi connectivity index (χ2n) is 6.68. The molecule has 2 aromatic carbocycles. The van der Waals surface area contributed by atoms with Gasteiger partial charge < -0.3 is 4.84 Å². The van der Waals surface area contributed by atoms with Gasteiger partial charge in [0.25, 0.3) is 0 Å². The largest absolute Gasteiger partial charge is 0.321 e. The molecule has 10 heteroatoms. The van der Waals surface area contributed by atoms with Gasteiger partial charge in [0.2, 0.25) is 0 Å². The maximum Gasteiger partial charge on any atom is 0.321 e. The van der Waals surface area contributed by atoms with Crippen LogP contribution in [-0.2, 0) is 11.3 Å². The second-order valence-corrected chi connectivity index (χ2v) is 8.57.